The largest absolute Gasteiger partial charge is 0.379 e. The van der Waals surface area contributed by atoms with Gasteiger partial charge in [-0.25, -0.2) is 0 Å². The predicted octanol–water partition coefficient (Wildman–Crippen LogP) is 0.243. The number of amides is 3. The number of hydrogen-bond acceptors (Lipinski definition) is 5. The summed E-state index contributed by atoms with van der Waals surface area (Å²) >= 11 is 0. The molecule has 1 aromatic heterocycles. The van der Waals surface area contributed by atoms with Crippen LogP contribution in [-0.2, 0) is 22.5 Å². The van der Waals surface area contributed by atoms with Gasteiger partial charge in [-0.05, 0) is 25.0 Å². The first-order chi connectivity index (χ1) is 14.1. The molecule has 1 saturated heterocycles. The van der Waals surface area contributed by atoms with E-state index in [1.165, 1.54) is 0 Å². The number of rotatable bonds is 5. The molecule has 1 fully saturated rings. The molecule has 4 rings (SSSR count). The van der Waals surface area contributed by atoms with Crippen molar-refractivity contribution < 1.29 is 19.1 Å². The summed E-state index contributed by atoms with van der Waals surface area (Å²) in [6.07, 6.45) is 1.34. The molecule has 3 amide bonds. The maximum atomic E-state index is 12.5. The zero-order chi connectivity index (χ0) is 20.2. The number of carbonyl (C=O) groups excluding carboxylic acids is 3. The van der Waals surface area contributed by atoms with Gasteiger partial charge in [0.2, 0.25) is 5.91 Å². The summed E-state index contributed by atoms with van der Waals surface area (Å²) in [5, 5.41) is 12.6. The highest BCUT2D eigenvalue weighted by Crippen LogP contribution is 2.20. The van der Waals surface area contributed by atoms with E-state index in [1.54, 1.807) is 29.2 Å². The van der Waals surface area contributed by atoms with Gasteiger partial charge in [-0.3, -0.25) is 19.5 Å². The monoisotopic (exact) mass is 397 g/mol. The lowest BCUT2D eigenvalue weighted by atomic mass is 10.0. The molecule has 2 aromatic rings. The van der Waals surface area contributed by atoms with Crippen LogP contribution < -0.4 is 10.6 Å². The Morgan fingerprint density at radius 2 is 2.03 bits per heavy atom. The van der Waals surface area contributed by atoms with Gasteiger partial charge in [0.15, 0.2) is 5.69 Å². The van der Waals surface area contributed by atoms with Gasteiger partial charge in [-0.15, -0.1) is 0 Å². The zero-order valence-corrected chi connectivity index (χ0v) is 15.9. The van der Waals surface area contributed by atoms with Gasteiger partial charge in [-0.2, -0.15) is 5.10 Å². The molecule has 2 aliphatic rings. The first kappa shape index (κ1) is 19.1. The van der Waals surface area contributed by atoms with Crippen LogP contribution in [0.25, 0.3) is 0 Å². The number of benzene rings is 1. The summed E-state index contributed by atoms with van der Waals surface area (Å²) in [7, 11) is 0. The van der Waals surface area contributed by atoms with E-state index in [1.807, 2.05) is 6.07 Å². The Morgan fingerprint density at radius 1 is 1.21 bits per heavy atom. The number of hydrogen-bond donors (Lipinski definition) is 3. The molecular weight excluding hydrogens is 374 g/mol. The second kappa shape index (κ2) is 8.44. The van der Waals surface area contributed by atoms with E-state index >= 15 is 0 Å². The second-order valence-electron chi connectivity index (χ2n) is 7.18. The van der Waals surface area contributed by atoms with E-state index in [2.05, 4.69) is 20.8 Å². The second-order valence-corrected chi connectivity index (χ2v) is 7.18. The van der Waals surface area contributed by atoms with Crippen molar-refractivity contribution in [1.82, 2.24) is 25.7 Å². The topological polar surface area (TPSA) is 116 Å². The van der Waals surface area contributed by atoms with Crippen LogP contribution in [0.5, 0.6) is 0 Å². The van der Waals surface area contributed by atoms with Crippen LogP contribution in [0.1, 0.15) is 38.5 Å². The smallest absolute Gasteiger partial charge is 0.272 e. The van der Waals surface area contributed by atoms with E-state index in [-0.39, 0.29) is 30.3 Å². The number of H-pyrrole nitrogens is 1. The van der Waals surface area contributed by atoms with Crippen molar-refractivity contribution in [2.75, 3.05) is 26.3 Å². The first-order valence-electron chi connectivity index (χ1n) is 9.67. The molecule has 0 saturated carbocycles. The fourth-order valence-corrected chi connectivity index (χ4v) is 3.58. The molecular formula is C20H23N5O4. The quantitative estimate of drug-likeness (QED) is 0.669. The van der Waals surface area contributed by atoms with Gasteiger partial charge in [0.05, 0.1) is 31.4 Å². The number of ether oxygens (including phenoxy) is 1. The van der Waals surface area contributed by atoms with Crippen LogP contribution >= 0.6 is 0 Å². The molecule has 1 aromatic carbocycles. The van der Waals surface area contributed by atoms with E-state index in [0.29, 0.717) is 44.0 Å². The normalized spacial score (nSPS) is 18.2. The molecule has 1 unspecified atom stereocenters. The van der Waals surface area contributed by atoms with Crippen LogP contribution in [0.2, 0.25) is 0 Å². The molecule has 152 valence electrons. The Kier molecular flexibility index (Phi) is 5.57. The summed E-state index contributed by atoms with van der Waals surface area (Å²) in [6, 6.07) is 8.78. The highest BCUT2D eigenvalue weighted by Gasteiger charge is 2.29. The average Bonchev–Trinajstić information content (AvgIpc) is 3.41. The van der Waals surface area contributed by atoms with Gasteiger partial charge >= 0.3 is 0 Å². The standard InChI is InChI=1S/C20H23N5O4/c26-17(10-21-19(27)13-4-2-1-3-5-13)25-8-6-15-16(11-25)23-24-18(15)20(28)22-14-7-9-29-12-14/h1-5,14H,6-12H2,(H,21,27)(H,22,28)(H,23,24). The van der Waals surface area contributed by atoms with Crippen molar-refractivity contribution in [3.63, 3.8) is 0 Å². The van der Waals surface area contributed by atoms with Crippen molar-refractivity contribution in [3.8, 4) is 0 Å². The van der Waals surface area contributed by atoms with E-state index in [4.69, 9.17) is 4.74 Å². The van der Waals surface area contributed by atoms with Crippen molar-refractivity contribution in [3.05, 3.63) is 52.8 Å². The van der Waals surface area contributed by atoms with E-state index < -0.39 is 0 Å². The van der Waals surface area contributed by atoms with E-state index in [9.17, 15) is 14.4 Å². The average molecular weight is 397 g/mol. The highest BCUT2D eigenvalue weighted by atomic mass is 16.5. The molecule has 0 radical (unpaired) electrons. The van der Waals surface area contributed by atoms with Crippen LogP contribution in [-0.4, -0.2) is 65.2 Å². The highest BCUT2D eigenvalue weighted by molar-refractivity contribution is 5.96. The van der Waals surface area contributed by atoms with Gasteiger partial charge < -0.3 is 20.3 Å². The maximum Gasteiger partial charge on any atom is 0.272 e. The summed E-state index contributed by atoms with van der Waals surface area (Å²) in [5.74, 6) is -0.676. The minimum Gasteiger partial charge on any atom is -0.379 e. The Hall–Kier alpha value is -3.20. The van der Waals surface area contributed by atoms with Crippen LogP contribution in [0.3, 0.4) is 0 Å². The summed E-state index contributed by atoms with van der Waals surface area (Å²) in [6.45, 7) is 1.91. The summed E-state index contributed by atoms with van der Waals surface area (Å²) < 4.78 is 5.28. The molecule has 3 N–H and O–H groups in total. The molecule has 0 bridgehead atoms. The van der Waals surface area contributed by atoms with Crippen LogP contribution in [0.15, 0.2) is 30.3 Å². The fourth-order valence-electron chi connectivity index (χ4n) is 3.58. The van der Waals surface area contributed by atoms with Gasteiger partial charge in [0.1, 0.15) is 0 Å². The molecule has 0 aliphatic carbocycles. The van der Waals surface area contributed by atoms with Crippen molar-refractivity contribution in [2.45, 2.75) is 25.4 Å². The lowest BCUT2D eigenvalue weighted by molar-refractivity contribution is -0.131. The zero-order valence-electron chi connectivity index (χ0n) is 15.9. The fraction of sp³-hybridized carbons (Fsp3) is 0.400. The van der Waals surface area contributed by atoms with Crippen LogP contribution in [0, 0.1) is 0 Å². The third-order valence-electron chi connectivity index (χ3n) is 5.20. The molecule has 29 heavy (non-hydrogen) atoms. The van der Waals surface area contributed by atoms with Gasteiger partial charge in [0.25, 0.3) is 11.8 Å². The number of carbonyl (C=O) groups is 3. The number of aromatic nitrogens is 2. The van der Waals surface area contributed by atoms with E-state index in [0.717, 1.165) is 17.7 Å². The Bertz CT molecular complexity index is 905. The molecule has 1 atom stereocenters. The third-order valence-corrected chi connectivity index (χ3v) is 5.20. The van der Waals surface area contributed by atoms with Crippen molar-refractivity contribution in [1.29, 1.82) is 0 Å². The SMILES string of the molecule is O=C(NCC(=O)N1CCc2c(C(=O)NC3CCOC3)n[nH]c2C1)c1ccccc1. The predicted molar refractivity (Wildman–Crippen MR) is 103 cm³/mol. The minimum absolute atomic E-state index is 0.0183. The van der Waals surface area contributed by atoms with Gasteiger partial charge in [-0.1, -0.05) is 18.2 Å². The Labute approximate surface area is 167 Å². The Balaban J connectivity index is 1.33. The number of nitrogens with one attached hydrogen (secondary N) is 3. The molecule has 9 nitrogen and oxygen atoms in total. The molecule has 3 heterocycles. The lowest BCUT2D eigenvalue weighted by Crippen LogP contribution is -2.43. The van der Waals surface area contributed by atoms with Crippen molar-refractivity contribution >= 4 is 17.7 Å². The molecule has 2 aliphatic heterocycles. The first-order valence-corrected chi connectivity index (χ1v) is 9.67. The van der Waals surface area contributed by atoms with Crippen molar-refractivity contribution in [2.24, 2.45) is 0 Å². The summed E-state index contributed by atoms with van der Waals surface area (Å²) in [5.41, 5.74) is 2.50. The minimum atomic E-state index is -0.284. The lowest BCUT2D eigenvalue weighted by Gasteiger charge is -2.27. The number of aromatic amines is 1. The third kappa shape index (κ3) is 4.29. The van der Waals surface area contributed by atoms with Crippen LogP contribution in [0.4, 0.5) is 0 Å². The maximum absolute atomic E-state index is 12.5. The molecule has 9 heteroatoms. The summed E-state index contributed by atoms with van der Waals surface area (Å²) in [4.78, 5) is 38.7. The molecule has 0 spiro atoms. The number of nitrogens with zero attached hydrogens (tertiary/aromatic N) is 2. The number of fused-ring (bicyclic) bond motifs is 1. The van der Waals surface area contributed by atoms with Gasteiger partial charge in [0, 0.05) is 24.3 Å². The Morgan fingerprint density at radius 3 is 2.79 bits per heavy atom.